The molecule has 0 saturated heterocycles. The minimum absolute atomic E-state index is 0.115. The van der Waals surface area contributed by atoms with E-state index in [1.807, 2.05) is 30.3 Å². The van der Waals surface area contributed by atoms with Crippen molar-refractivity contribution in [2.45, 2.75) is 31.2 Å². The summed E-state index contributed by atoms with van der Waals surface area (Å²) < 4.78 is 5.04. The highest BCUT2D eigenvalue weighted by Gasteiger charge is 2.29. The molecule has 0 spiro atoms. The molecule has 0 aliphatic heterocycles. The minimum Gasteiger partial charge on any atom is -0.426 e. The number of nitrogens with one attached hydrogen (secondary N) is 2. The van der Waals surface area contributed by atoms with Gasteiger partial charge in [0.05, 0.1) is 23.1 Å². The molecule has 0 bridgehead atoms. The van der Waals surface area contributed by atoms with Crippen LogP contribution in [0.5, 0.6) is 0 Å². The number of carbonyl (C=O) groups is 2. The molecule has 0 fully saturated rings. The van der Waals surface area contributed by atoms with Crippen LogP contribution in [0.2, 0.25) is 10.0 Å². The number of carbonyl (C=O) groups excluding carboxylic acids is 2. The summed E-state index contributed by atoms with van der Waals surface area (Å²) in [5.41, 5.74) is 1.23. The van der Waals surface area contributed by atoms with Crippen LogP contribution in [0.25, 0.3) is 0 Å². The Morgan fingerprint density at radius 2 is 1.81 bits per heavy atom. The third-order valence-corrected chi connectivity index (χ3v) is 5.20. The van der Waals surface area contributed by atoms with Crippen LogP contribution in [0.15, 0.2) is 48.5 Å². The lowest BCUT2D eigenvalue weighted by molar-refractivity contribution is -0.124. The van der Waals surface area contributed by atoms with Gasteiger partial charge >= 0.3 is 7.12 Å². The molecule has 1 unspecified atom stereocenters. The smallest absolute Gasteiger partial charge is 0.426 e. The predicted octanol–water partition coefficient (Wildman–Crippen LogP) is 2.26. The fourth-order valence-corrected chi connectivity index (χ4v) is 3.38. The highest BCUT2D eigenvalue weighted by Crippen LogP contribution is 2.20. The Bertz CT molecular complexity index is 870. The average molecular weight is 467 g/mol. The van der Waals surface area contributed by atoms with Crippen molar-refractivity contribution >= 4 is 42.1 Å². The van der Waals surface area contributed by atoms with Crippen LogP contribution < -0.4 is 10.6 Å². The molecule has 10 heteroatoms. The second-order valence-corrected chi connectivity index (χ2v) is 7.86. The zero-order valence-electron chi connectivity index (χ0n) is 17.1. The van der Waals surface area contributed by atoms with Crippen LogP contribution in [-0.2, 0) is 16.0 Å². The van der Waals surface area contributed by atoms with E-state index in [0.717, 1.165) is 12.0 Å². The zero-order chi connectivity index (χ0) is 22.8. The van der Waals surface area contributed by atoms with E-state index >= 15 is 0 Å². The zero-order valence-corrected chi connectivity index (χ0v) is 18.6. The summed E-state index contributed by atoms with van der Waals surface area (Å²) in [6, 6.07) is 13.1. The first-order valence-corrected chi connectivity index (χ1v) is 10.5. The van der Waals surface area contributed by atoms with Gasteiger partial charge in [-0.1, -0.05) is 53.5 Å². The van der Waals surface area contributed by atoms with Crippen LogP contribution in [-0.4, -0.2) is 54.7 Å². The Balaban J connectivity index is 1.99. The molecule has 2 aromatic rings. The summed E-state index contributed by atoms with van der Waals surface area (Å²) in [5.74, 6) is -2.11. The fourth-order valence-electron chi connectivity index (χ4n) is 3.01. The molecule has 2 rings (SSSR count). The van der Waals surface area contributed by atoms with Crippen molar-refractivity contribution < 1.29 is 24.4 Å². The summed E-state index contributed by atoms with van der Waals surface area (Å²) >= 11 is 12.0. The molecule has 2 amide bonds. The molecule has 0 aromatic heterocycles. The molecule has 0 aliphatic rings. The van der Waals surface area contributed by atoms with Gasteiger partial charge in [0, 0.05) is 12.1 Å². The van der Waals surface area contributed by atoms with E-state index in [1.165, 1.54) is 19.2 Å². The second kappa shape index (κ2) is 12.7. The normalized spacial score (nSPS) is 12.7. The van der Waals surface area contributed by atoms with Gasteiger partial charge in [0.15, 0.2) is 0 Å². The van der Waals surface area contributed by atoms with Crippen molar-refractivity contribution in [2.24, 2.45) is 0 Å². The quantitative estimate of drug-likeness (QED) is 0.380. The van der Waals surface area contributed by atoms with E-state index in [-0.39, 0.29) is 17.2 Å². The summed E-state index contributed by atoms with van der Waals surface area (Å²) in [6.07, 6.45) is 1.70. The first-order valence-electron chi connectivity index (χ1n) is 9.77. The number of aryl methyl sites for hydroxylation is 1. The third kappa shape index (κ3) is 8.16. The van der Waals surface area contributed by atoms with E-state index in [1.54, 1.807) is 6.07 Å². The van der Waals surface area contributed by atoms with Crippen LogP contribution in [0, 0.1) is 0 Å². The van der Waals surface area contributed by atoms with Gasteiger partial charge in [-0.15, -0.1) is 0 Å². The van der Waals surface area contributed by atoms with E-state index in [2.05, 4.69) is 10.6 Å². The number of benzene rings is 2. The molecule has 0 radical (unpaired) electrons. The Hall–Kier alpha value is -2.10. The van der Waals surface area contributed by atoms with Crippen LogP contribution >= 0.6 is 23.2 Å². The van der Waals surface area contributed by atoms with Gasteiger partial charge in [0.2, 0.25) is 5.91 Å². The van der Waals surface area contributed by atoms with Gasteiger partial charge in [0.25, 0.3) is 5.91 Å². The van der Waals surface area contributed by atoms with Gasteiger partial charge in [0.1, 0.15) is 6.04 Å². The minimum atomic E-state index is -1.75. The van der Waals surface area contributed by atoms with E-state index in [9.17, 15) is 19.6 Å². The van der Waals surface area contributed by atoms with E-state index in [4.69, 9.17) is 27.9 Å². The highest BCUT2D eigenvalue weighted by molar-refractivity contribution is 6.43. The molecular weight excluding hydrogens is 442 g/mol. The lowest BCUT2D eigenvalue weighted by Crippen LogP contribution is -2.55. The van der Waals surface area contributed by atoms with Crippen molar-refractivity contribution in [3.05, 3.63) is 69.7 Å². The van der Waals surface area contributed by atoms with Crippen molar-refractivity contribution in [2.75, 3.05) is 13.7 Å². The number of hydrogen-bond donors (Lipinski definition) is 4. The largest absolute Gasteiger partial charge is 0.475 e. The van der Waals surface area contributed by atoms with Gasteiger partial charge in [-0.3, -0.25) is 9.59 Å². The Kier molecular flexibility index (Phi) is 10.3. The van der Waals surface area contributed by atoms with Gasteiger partial charge in [-0.25, -0.2) is 0 Å². The average Bonchev–Trinajstić information content (AvgIpc) is 2.74. The highest BCUT2D eigenvalue weighted by atomic mass is 35.5. The fraction of sp³-hybridized carbons (Fsp3) is 0.333. The third-order valence-electron chi connectivity index (χ3n) is 4.64. The van der Waals surface area contributed by atoms with Gasteiger partial charge in [-0.2, -0.15) is 0 Å². The number of amides is 2. The Morgan fingerprint density at radius 3 is 2.45 bits per heavy atom. The van der Waals surface area contributed by atoms with E-state index < -0.39 is 30.9 Å². The lowest BCUT2D eigenvalue weighted by atomic mass is 9.76. The molecule has 166 valence electrons. The number of methoxy groups -OCH3 is 1. The molecule has 2 atom stereocenters. The van der Waals surface area contributed by atoms with Crippen LogP contribution in [0.3, 0.4) is 0 Å². The molecule has 0 heterocycles. The number of ether oxygens (including phenoxy) is 1. The van der Waals surface area contributed by atoms with Crippen molar-refractivity contribution in [3.63, 3.8) is 0 Å². The van der Waals surface area contributed by atoms with Crippen molar-refractivity contribution in [1.29, 1.82) is 0 Å². The first kappa shape index (κ1) is 25.2. The second-order valence-electron chi connectivity index (χ2n) is 7.01. The summed E-state index contributed by atoms with van der Waals surface area (Å²) in [6.45, 7) is -0.117. The maximum Gasteiger partial charge on any atom is 0.475 e. The Morgan fingerprint density at radius 1 is 1.10 bits per heavy atom. The number of rotatable bonds is 11. The molecule has 7 nitrogen and oxygen atoms in total. The predicted molar refractivity (Wildman–Crippen MR) is 121 cm³/mol. The summed E-state index contributed by atoms with van der Waals surface area (Å²) in [4.78, 5) is 25.3. The molecule has 2 aromatic carbocycles. The SMILES string of the molecule is COCC(NC(=O)c1cc(Cl)ccc1Cl)C(=O)N[C@@H](CCCc1ccccc1)B(O)O. The maximum absolute atomic E-state index is 12.7. The van der Waals surface area contributed by atoms with E-state index in [0.29, 0.717) is 17.9 Å². The number of halogens is 2. The van der Waals surface area contributed by atoms with Crippen LogP contribution in [0.4, 0.5) is 0 Å². The van der Waals surface area contributed by atoms with Crippen molar-refractivity contribution in [3.8, 4) is 0 Å². The molecule has 0 aliphatic carbocycles. The maximum atomic E-state index is 12.7. The number of hydrogen-bond acceptors (Lipinski definition) is 5. The standard InChI is InChI=1S/C21H25BCl2N2O5/c1-31-13-18(25-20(27)16-12-15(23)10-11-17(16)24)21(28)26-19(22(29)30)9-5-8-14-6-3-2-4-7-14/h2-4,6-7,10-12,18-19,29-30H,5,8-9,13H2,1H3,(H,25,27)(H,26,28)/t18?,19-/m0/s1. The lowest BCUT2D eigenvalue weighted by Gasteiger charge is -2.23. The molecule has 31 heavy (non-hydrogen) atoms. The molecule has 0 saturated carbocycles. The van der Waals surface area contributed by atoms with Crippen LogP contribution in [0.1, 0.15) is 28.8 Å². The van der Waals surface area contributed by atoms with Crippen molar-refractivity contribution in [1.82, 2.24) is 10.6 Å². The van der Waals surface area contributed by atoms with Gasteiger partial charge in [-0.05, 0) is 43.0 Å². The van der Waals surface area contributed by atoms with Gasteiger partial charge < -0.3 is 25.4 Å². The first-order chi connectivity index (χ1) is 14.8. The summed E-state index contributed by atoms with van der Waals surface area (Å²) in [5, 5.41) is 25.0. The summed E-state index contributed by atoms with van der Waals surface area (Å²) in [7, 11) is -0.363. The Labute approximate surface area is 191 Å². The topological polar surface area (TPSA) is 108 Å². The molecule has 4 N–H and O–H groups in total. The molecular formula is C21H25BCl2N2O5. The monoisotopic (exact) mass is 466 g/mol.